The summed E-state index contributed by atoms with van der Waals surface area (Å²) in [7, 11) is 0. The molecule has 0 spiro atoms. The first-order valence-corrected chi connectivity index (χ1v) is 14.3. The molecule has 1 fully saturated rings. The average molecular weight is 592 g/mol. The number of anilines is 2. The van der Waals surface area contributed by atoms with Gasteiger partial charge in [-0.1, -0.05) is 24.4 Å². The largest absolute Gasteiger partial charge is 0.451 e. The summed E-state index contributed by atoms with van der Waals surface area (Å²) in [4.78, 5) is 46.7. The second-order valence-corrected chi connectivity index (χ2v) is 11.4. The van der Waals surface area contributed by atoms with Gasteiger partial charge in [0.1, 0.15) is 16.0 Å². The number of nitrogens with zero attached hydrogens (tertiary/aromatic N) is 3. The van der Waals surface area contributed by atoms with Crippen LogP contribution in [0.2, 0.25) is 0 Å². The number of halogens is 2. The van der Waals surface area contributed by atoms with E-state index in [1.807, 2.05) is 0 Å². The second-order valence-electron chi connectivity index (χ2n) is 10.3. The molecule has 6 rings (SSSR count). The van der Waals surface area contributed by atoms with Crippen LogP contribution in [0.5, 0.6) is 11.5 Å². The minimum atomic E-state index is -0.826. The molecule has 9 nitrogen and oxygen atoms in total. The van der Waals surface area contributed by atoms with E-state index in [0.29, 0.717) is 35.1 Å². The van der Waals surface area contributed by atoms with Gasteiger partial charge >= 0.3 is 6.03 Å². The molecule has 0 bridgehead atoms. The van der Waals surface area contributed by atoms with Gasteiger partial charge in [0.2, 0.25) is 11.8 Å². The predicted octanol–water partition coefficient (Wildman–Crippen LogP) is 5.13. The smallest absolute Gasteiger partial charge is 0.327 e. The van der Waals surface area contributed by atoms with Crippen LogP contribution in [0.15, 0.2) is 66.3 Å². The first kappa shape index (κ1) is 27.7. The Morgan fingerprint density at radius 3 is 2.71 bits per heavy atom. The zero-order valence-corrected chi connectivity index (χ0v) is 23.4. The zero-order chi connectivity index (χ0) is 29.5. The van der Waals surface area contributed by atoms with Crippen molar-refractivity contribution in [2.45, 2.75) is 42.1 Å². The third-order valence-electron chi connectivity index (χ3n) is 7.57. The van der Waals surface area contributed by atoms with Gasteiger partial charge in [0.15, 0.2) is 17.4 Å². The Labute approximate surface area is 244 Å². The molecular weight excluding hydrogens is 564 g/mol. The van der Waals surface area contributed by atoms with E-state index in [0.717, 1.165) is 30.5 Å². The van der Waals surface area contributed by atoms with E-state index in [1.54, 1.807) is 36.2 Å². The van der Waals surface area contributed by atoms with Crippen LogP contribution in [0, 0.1) is 18.6 Å². The number of carbonyl (C=O) groups is 3. The van der Waals surface area contributed by atoms with Crippen molar-refractivity contribution >= 4 is 41.0 Å². The minimum Gasteiger partial charge on any atom is -0.451 e. The highest BCUT2D eigenvalue weighted by atomic mass is 32.2. The van der Waals surface area contributed by atoms with E-state index in [9.17, 15) is 23.2 Å². The van der Waals surface area contributed by atoms with Crippen molar-refractivity contribution in [3.05, 3.63) is 84.1 Å². The van der Waals surface area contributed by atoms with Crippen molar-refractivity contribution in [3.63, 3.8) is 0 Å². The molecule has 3 aliphatic rings. The third-order valence-corrected chi connectivity index (χ3v) is 8.86. The molecule has 4 heterocycles. The van der Waals surface area contributed by atoms with Gasteiger partial charge in [-0.3, -0.25) is 14.5 Å². The number of pyridine rings is 1. The van der Waals surface area contributed by atoms with E-state index in [-0.39, 0.29) is 23.6 Å². The van der Waals surface area contributed by atoms with Crippen molar-refractivity contribution in [1.29, 1.82) is 0 Å². The molecule has 3 atom stereocenters. The number of nitrogens with one attached hydrogen (secondary N) is 2. The molecule has 0 aliphatic carbocycles. The Morgan fingerprint density at radius 2 is 1.98 bits per heavy atom. The zero-order valence-electron chi connectivity index (χ0n) is 22.6. The Kier molecular flexibility index (Phi) is 7.31. The summed E-state index contributed by atoms with van der Waals surface area (Å²) in [6.45, 7) is 6.33. The van der Waals surface area contributed by atoms with Gasteiger partial charge in [-0.15, -0.1) is 0 Å². The van der Waals surface area contributed by atoms with E-state index in [4.69, 9.17) is 4.74 Å². The van der Waals surface area contributed by atoms with E-state index < -0.39 is 34.7 Å². The number of carbonyl (C=O) groups excluding carboxylic acids is 3. The van der Waals surface area contributed by atoms with Crippen LogP contribution in [-0.4, -0.2) is 52.1 Å². The van der Waals surface area contributed by atoms with Gasteiger partial charge in [0, 0.05) is 30.9 Å². The number of aryl methyl sites for hydroxylation is 1. The van der Waals surface area contributed by atoms with Crippen LogP contribution >= 0.6 is 11.8 Å². The van der Waals surface area contributed by atoms with Crippen molar-refractivity contribution in [3.8, 4) is 11.5 Å². The number of hydrogen-bond donors (Lipinski definition) is 2. The fourth-order valence-electron chi connectivity index (χ4n) is 5.61. The molecule has 12 heteroatoms. The molecule has 4 amide bonds. The van der Waals surface area contributed by atoms with E-state index >= 15 is 0 Å². The summed E-state index contributed by atoms with van der Waals surface area (Å²) in [5.41, 5.74) is 2.49. The summed E-state index contributed by atoms with van der Waals surface area (Å²) in [5.74, 6) is -2.36. The molecule has 0 radical (unpaired) electrons. The number of benzene rings is 2. The van der Waals surface area contributed by atoms with Crippen LogP contribution in [0.4, 0.5) is 25.0 Å². The average Bonchev–Trinajstić information content (AvgIpc) is 3.35. The Balaban J connectivity index is 1.23. The van der Waals surface area contributed by atoms with Crippen LogP contribution in [0.25, 0.3) is 0 Å². The summed E-state index contributed by atoms with van der Waals surface area (Å²) < 4.78 is 33.7. The second kappa shape index (κ2) is 11.1. The normalized spacial score (nSPS) is 20.9. The molecule has 42 heavy (non-hydrogen) atoms. The van der Waals surface area contributed by atoms with Crippen LogP contribution in [-0.2, 0) is 9.59 Å². The number of urea groups is 1. The number of likely N-dealkylation sites (tertiary alicyclic amines) is 1. The predicted molar refractivity (Wildman–Crippen MR) is 153 cm³/mol. The van der Waals surface area contributed by atoms with Crippen LogP contribution < -0.4 is 20.3 Å². The number of piperidine rings is 1. The number of rotatable bonds is 6. The van der Waals surface area contributed by atoms with Gasteiger partial charge in [-0.25, -0.2) is 18.6 Å². The standard InChI is InChI=1S/C30H27F2N5O4S/c1-3-23(38)36-13-5-6-17(15-36)34-28(39)27-25-24-22(11-12-33-29(24)42-27)37(30(40)35-25)21-10-9-18(14-16(21)2)41-26-19(31)7-4-8-20(26)32/h3-4,7-12,14,17,25,27H,1,5-6,13,15H2,2H3,(H,34,39)(H,35,40)/t17?,25?,27-/m1/s1. The van der Waals surface area contributed by atoms with E-state index in [2.05, 4.69) is 22.2 Å². The van der Waals surface area contributed by atoms with Gasteiger partial charge in [-0.2, -0.15) is 0 Å². The molecule has 1 aromatic heterocycles. The maximum Gasteiger partial charge on any atom is 0.327 e. The first-order valence-electron chi connectivity index (χ1n) is 13.5. The molecule has 0 saturated carbocycles. The highest BCUT2D eigenvalue weighted by molar-refractivity contribution is 8.01. The maximum absolute atomic E-state index is 14.1. The number of ether oxygens (including phenoxy) is 1. The van der Waals surface area contributed by atoms with Gasteiger partial charge in [0.05, 0.1) is 17.4 Å². The summed E-state index contributed by atoms with van der Waals surface area (Å²) in [6, 6.07) is 8.73. The van der Waals surface area contributed by atoms with Crippen molar-refractivity contribution in [1.82, 2.24) is 20.5 Å². The molecule has 3 aliphatic heterocycles. The highest BCUT2D eigenvalue weighted by Crippen LogP contribution is 2.51. The third kappa shape index (κ3) is 4.95. The molecule has 216 valence electrons. The number of amides is 4. The Morgan fingerprint density at radius 1 is 1.19 bits per heavy atom. The van der Waals surface area contributed by atoms with Crippen molar-refractivity contribution < 1.29 is 27.9 Å². The molecule has 1 saturated heterocycles. The van der Waals surface area contributed by atoms with Crippen LogP contribution in [0.1, 0.15) is 30.0 Å². The lowest BCUT2D eigenvalue weighted by Crippen LogP contribution is -2.53. The lowest BCUT2D eigenvalue weighted by atomic mass is 9.98. The first-order chi connectivity index (χ1) is 20.2. The number of thioether (sulfide) groups is 1. The molecule has 2 unspecified atom stereocenters. The van der Waals surface area contributed by atoms with Gasteiger partial charge < -0.3 is 20.3 Å². The Hall–Kier alpha value is -4.45. The number of para-hydroxylation sites is 1. The molecule has 3 aromatic rings. The van der Waals surface area contributed by atoms with Crippen LogP contribution in [0.3, 0.4) is 0 Å². The monoisotopic (exact) mass is 591 g/mol. The van der Waals surface area contributed by atoms with Gasteiger partial charge in [-0.05, 0) is 67.8 Å². The fraction of sp³-hybridized carbons (Fsp3) is 0.267. The summed E-state index contributed by atoms with van der Waals surface area (Å²) in [6.07, 6.45) is 4.38. The van der Waals surface area contributed by atoms with Crippen molar-refractivity contribution in [2.24, 2.45) is 0 Å². The lowest BCUT2D eigenvalue weighted by Gasteiger charge is -2.36. The molecule has 2 N–H and O–H groups in total. The fourth-order valence-corrected chi connectivity index (χ4v) is 6.85. The lowest BCUT2D eigenvalue weighted by molar-refractivity contribution is -0.129. The summed E-state index contributed by atoms with van der Waals surface area (Å²) >= 11 is 1.29. The SMILES string of the molecule is C=CC(=O)N1CCCC(NC(=O)[C@@H]2Sc3nccc4c3C2NC(=O)N4c2ccc(Oc3c(F)cccc3F)cc2C)C1. The topological polar surface area (TPSA) is 104 Å². The number of aromatic nitrogens is 1. The highest BCUT2D eigenvalue weighted by Gasteiger charge is 2.47. The number of hydrogen-bond acceptors (Lipinski definition) is 6. The molecule has 2 aromatic carbocycles. The van der Waals surface area contributed by atoms with Crippen molar-refractivity contribution in [2.75, 3.05) is 18.0 Å². The van der Waals surface area contributed by atoms with Gasteiger partial charge in [0.25, 0.3) is 0 Å². The summed E-state index contributed by atoms with van der Waals surface area (Å²) in [5, 5.41) is 6.05. The maximum atomic E-state index is 14.1. The minimum absolute atomic E-state index is 0.167. The Bertz CT molecular complexity index is 1600. The molecular formula is C30H27F2N5O4S. The quantitative estimate of drug-likeness (QED) is 0.386. The van der Waals surface area contributed by atoms with E-state index in [1.165, 1.54) is 34.9 Å².